The van der Waals surface area contributed by atoms with Gasteiger partial charge in [-0.2, -0.15) is 0 Å². The summed E-state index contributed by atoms with van der Waals surface area (Å²) in [6.07, 6.45) is 2.62. The van der Waals surface area contributed by atoms with Gasteiger partial charge in [0.05, 0.1) is 11.6 Å². The zero-order chi connectivity index (χ0) is 15.9. The maximum atomic E-state index is 12.4. The monoisotopic (exact) mass is 313 g/mol. The Bertz CT molecular complexity index is 479. The van der Waals surface area contributed by atoms with Crippen molar-refractivity contribution < 1.29 is 14.3 Å². The normalized spacial score (nSPS) is 13.6. The van der Waals surface area contributed by atoms with Crippen LogP contribution in [0, 0.1) is 0 Å². The van der Waals surface area contributed by atoms with Crippen LogP contribution in [0.15, 0.2) is 18.2 Å². The van der Waals surface area contributed by atoms with Crippen LogP contribution in [-0.4, -0.2) is 25.2 Å². The van der Waals surface area contributed by atoms with E-state index in [0.29, 0.717) is 29.5 Å². The lowest BCUT2D eigenvalue weighted by Gasteiger charge is -2.26. The molecule has 1 aromatic rings. The van der Waals surface area contributed by atoms with E-state index in [1.165, 1.54) is 0 Å². The molecule has 0 aliphatic rings. The highest BCUT2D eigenvalue weighted by molar-refractivity contribution is 6.32. The van der Waals surface area contributed by atoms with Crippen LogP contribution in [0.4, 0.5) is 5.69 Å². The van der Waals surface area contributed by atoms with Crippen LogP contribution in [0.2, 0.25) is 5.02 Å². The average Bonchev–Trinajstić information content (AvgIpc) is 2.47. The van der Waals surface area contributed by atoms with Crippen LogP contribution in [0.5, 0.6) is 5.75 Å². The molecule has 0 aliphatic carbocycles. The molecule has 0 fully saturated rings. The third kappa shape index (κ3) is 4.90. The second kappa shape index (κ2) is 8.25. The summed E-state index contributed by atoms with van der Waals surface area (Å²) in [7, 11) is 1.56. The summed E-state index contributed by atoms with van der Waals surface area (Å²) < 4.78 is 10.8. The van der Waals surface area contributed by atoms with Gasteiger partial charge in [0, 0.05) is 12.8 Å². The van der Waals surface area contributed by atoms with Crippen LogP contribution in [0.1, 0.15) is 40.0 Å². The van der Waals surface area contributed by atoms with Crippen molar-refractivity contribution in [3.63, 3.8) is 0 Å². The lowest BCUT2D eigenvalue weighted by molar-refractivity contribution is -0.136. The highest BCUT2D eigenvalue weighted by Crippen LogP contribution is 2.28. The molecule has 21 heavy (non-hydrogen) atoms. The number of methoxy groups -OCH3 is 1. The van der Waals surface area contributed by atoms with E-state index in [4.69, 9.17) is 21.1 Å². The molecule has 0 radical (unpaired) electrons. The highest BCUT2D eigenvalue weighted by atomic mass is 35.5. The summed E-state index contributed by atoms with van der Waals surface area (Å²) in [5, 5.41) is 3.32. The second-order valence-corrected chi connectivity index (χ2v) is 5.48. The number of rotatable bonds is 8. The Hall–Kier alpha value is -1.26. The predicted octanol–water partition coefficient (Wildman–Crippen LogP) is 4.27. The van der Waals surface area contributed by atoms with Crippen LogP contribution in [-0.2, 0) is 9.53 Å². The number of nitrogens with one attached hydrogen (secondary N) is 1. The van der Waals surface area contributed by atoms with Gasteiger partial charge in [-0.15, -0.1) is 0 Å². The lowest BCUT2D eigenvalue weighted by atomic mass is 9.97. The van der Waals surface area contributed by atoms with E-state index >= 15 is 0 Å². The number of unbranched alkanes of at least 4 members (excludes halogenated alkanes) is 1. The van der Waals surface area contributed by atoms with E-state index in [0.717, 1.165) is 12.8 Å². The Morgan fingerprint density at radius 1 is 1.38 bits per heavy atom. The summed E-state index contributed by atoms with van der Waals surface area (Å²) in [6, 6.07) is 5.20. The minimum absolute atomic E-state index is 0.168. The van der Waals surface area contributed by atoms with Gasteiger partial charge in [0.25, 0.3) is 5.91 Å². The molecular formula is C16H24ClNO3. The third-order valence-corrected chi connectivity index (χ3v) is 3.72. The molecule has 0 saturated heterocycles. The van der Waals surface area contributed by atoms with Crippen LogP contribution in [0.3, 0.4) is 0 Å². The molecule has 0 aromatic heterocycles. The zero-order valence-electron chi connectivity index (χ0n) is 13.2. The Morgan fingerprint density at radius 2 is 2.10 bits per heavy atom. The molecule has 0 saturated carbocycles. The Balaban J connectivity index is 2.79. The Labute approximate surface area is 131 Å². The summed E-state index contributed by atoms with van der Waals surface area (Å²) >= 11 is 6.12. The minimum atomic E-state index is -0.832. The van der Waals surface area contributed by atoms with Gasteiger partial charge < -0.3 is 14.8 Å². The van der Waals surface area contributed by atoms with Crippen molar-refractivity contribution in [2.75, 3.05) is 19.0 Å². The molecule has 1 unspecified atom stereocenters. The van der Waals surface area contributed by atoms with E-state index in [-0.39, 0.29) is 5.91 Å². The number of halogens is 1. The number of benzene rings is 1. The number of carbonyl (C=O) groups is 1. The molecule has 118 valence electrons. The number of hydrogen-bond donors (Lipinski definition) is 1. The molecule has 1 atom stereocenters. The molecule has 1 amide bonds. The van der Waals surface area contributed by atoms with E-state index in [1.807, 2.05) is 6.92 Å². The first-order chi connectivity index (χ1) is 9.96. The summed E-state index contributed by atoms with van der Waals surface area (Å²) in [6.45, 7) is 6.32. The van der Waals surface area contributed by atoms with E-state index in [2.05, 4.69) is 12.2 Å². The number of ether oxygens (including phenoxy) is 2. The molecule has 4 nitrogen and oxygen atoms in total. The maximum absolute atomic E-state index is 12.4. The average molecular weight is 314 g/mol. The van der Waals surface area contributed by atoms with E-state index in [1.54, 1.807) is 32.2 Å². The van der Waals surface area contributed by atoms with Crippen molar-refractivity contribution in [3.8, 4) is 5.75 Å². The highest BCUT2D eigenvalue weighted by Gasteiger charge is 2.32. The zero-order valence-corrected chi connectivity index (χ0v) is 13.9. The van der Waals surface area contributed by atoms with Crippen molar-refractivity contribution in [3.05, 3.63) is 23.2 Å². The Kier molecular flexibility index (Phi) is 6.99. The van der Waals surface area contributed by atoms with Gasteiger partial charge in [-0.3, -0.25) is 4.79 Å². The summed E-state index contributed by atoms with van der Waals surface area (Å²) in [5.74, 6) is 0.441. The summed E-state index contributed by atoms with van der Waals surface area (Å²) in [5.41, 5.74) is -0.200. The van der Waals surface area contributed by atoms with Crippen molar-refractivity contribution in [1.82, 2.24) is 0 Å². The fourth-order valence-corrected chi connectivity index (χ4v) is 2.17. The molecule has 0 heterocycles. The first kappa shape index (κ1) is 17.8. The number of hydrogen-bond acceptors (Lipinski definition) is 3. The van der Waals surface area contributed by atoms with Gasteiger partial charge in [-0.05, 0) is 38.5 Å². The van der Waals surface area contributed by atoms with Gasteiger partial charge in [-0.25, -0.2) is 0 Å². The number of anilines is 1. The van der Waals surface area contributed by atoms with Crippen LogP contribution < -0.4 is 10.1 Å². The Morgan fingerprint density at radius 3 is 2.62 bits per heavy atom. The maximum Gasteiger partial charge on any atom is 0.256 e. The first-order valence-electron chi connectivity index (χ1n) is 7.25. The van der Waals surface area contributed by atoms with Crippen molar-refractivity contribution in [2.45, 2.75) is 45.6 Å². The van der Waals surface area contributed by atoms with Gasteiger partial charge in [0.15, 0.2) is 0 Å². The summed E-state index contributed by atoms with van der Waals surface area (Å²) in [4.78, 5) is 12.4. The van der Waals surface area contributed by atoms with Gasteiger partial charge >= 0.3 is 0 Å². The standard InChI is InChI=1S/C16H24ClNO3/c1-5-7-10-16(3,20-4)15(19)18-12-8-9-14(21-6-2)13(17)11-12/h8-9,11H,5-7,10H2,1-4H3,(H,18,19). The molecular weight excluding hydrogens is 290 g/mol. The third-order valence-electron chi connectivity index (χ3n) is 3.43. The fourth-order valence-electron chi connectivity index (χ4n) is 1.94. The minimum Gasteiger partial charge on any atom is -0.492 e. The molecule has 1 aromatic carbocycles. The molecule has 1 rings (SSSR count). The van der Waals surface area contributed by atoms with E-state index in [9.17, 15) is 4.79 Å². The van der Waals surface area contributed by atoms with Crippen molar-refractivity contribution in [2.24, 2.45) is 0 Å². The van der Waals surface area contributed by atoms with Crippen molar-refractivity contribution in [1.29, 1.82) is 0 Å². The SMILES string of the molecule is CCCCC(C)(OC)C(=O)Nc1ccc(OCC)c(Cl)c1. The predicted molar refractivity (Wildman–Crippen MR) is 86.2 cm³/mol. The molecule has 1 N–H and O–H groups in total. The number of carbonyl (C=O) groups excluding carboxylic acids is 1. The van der Waals surface area contributed by atoms with Gasteiger partial charge in [0.2, 0.25) is 0 Å². The fraction of sp³-hybridized carbons (Fsp3) is 0.562. The van der Waals surface area contributed by atoms with E-state index < -0.39 is 5.60 Å². The molecule has 5 heteroatoms. The van der Waals surface area contributed by atoms with Gasteiger partial charge in [-0.1, -0.05) is 31.4 Å². The van der Waals surface area contributed by atoms with Gasteiger partial charge in [0.1, 0.15) is 11.4 Å². The first-order valence-corrected chi connectivity index (χ1v) is 7.63. The number of amides is 1. The van der Waals surface area contributed by atoms with Crippen LogP contribution >= 0.6 is 11.6 Å². The lowest BCUT2D eigenvalue weighted by Crippen LogP contribution is -2.41. The van der Waals surface area contributed by atoms with Crippen molar-refractivity contribution >= 4 is 23.2 Å². The topological polar surface area (TPSA) is 47.6 Å². The molecule has 0 aliphatic heterocycles. The van der Waals surface area contributed by atoms with Crippen LogP contribution in [0.25, 0.3) is 0 Å². The quantitative estimate of drug-likeness (QED) is 0.779. The second-order valence-electron chi connectivity index (χ2n) is 5.07. The smallest absolute Gasteiger partial charge is 0.256 e. The molecule has 0 spiro atoms. The molecule has 0 bridgehead atoms. The largest absolute Gasteiger partial charge is 0.492 e.